The molecule has 1 aromatic heterocycles. The van der Waals surface area contributed by atoms with Gasteiger partial charge in [-0.1, -0.05) is 73.6 Å². The number of ether oxygens (including phenoxy) is 1. The molecule has 0 spiro atoms. The lowest BCUT2D eigenvalue weighted by atomic mass is 9.95. The van der Waals surface area contributed by atoms with E-state index in [2.05, 4.69) is 17.1 Å². The van der Waals surface area contributed by atoms with Crippen LogP contribution in [-0.4, -0.2) is 33.6 Å². The van der Waals surface area contributed by atoms with Crippen LogP contribution in [0.25, 0.3) is 5.76 Å². The van der Waals surface area contributed by atoms with Crippen molar-refractivity contribution in [3.05, 3.63) is 76.3 Å². The highest BCUT2D eigenvalue weighted by Gasteiger charge is 2.48. The molecule has 1 aliphatic heterocycles. The Hall–Kier alpha value is -3.52. The molecule has 7 nitrogen and oxygen atoms in total. The van der Waals surface area contributed by atoms with E-state index in [1.807, 2.05) is 30.3 Å². The van der Waals surface area contributed by atoms with E-state index in [0.717, 1.165) is 19.3 Å². The molecule has 0 saturated carbocycles. The van der Waals surface area contributed by atoms with E-state index in [0.29, 0.717) is 33.6 Å². The molecule has 170 valence electrons. The van der Waals surface area contributed by atoms with Gasteiger partial charge in [0.1, 0.15) is 16.5 Å². The number of benzene rings is 2. The van der Waals surface area contributed by atoms with Crippen LogP contribution in [0.15, 0.2) is 60.2 Å². The van der Waals surface area contributed by atoms with Crippen LogP contribution in [0.5, 0.6) is 5.75 Å². The van der Waals surface area contributed by atoms with Gasteiger partial charge in [-0.2, -0.15) is 0 Å². The van der Waals surface area contributed by atoms with Gasteiger partial charge in [-0.15, -0.1) is 10.2 Å². The third kappa shape index (κ3) is 4.66. The first-order chi connectivity index (χ1) is 16.0. The van der Waals surface area contributed by atoms with Crippen molar-refractivity contribution in [2.75, 3.05) is 11.5 Å². The molecule has 1 unspecified atom stereocenters. The number of carbonyl (C=O) groups excluding carboxylic acids is 2. The fraction of sp³-hybridized carbons (Fsp3) is 0.280. The minimum Gasteiger partial charge on any atom is -0.507 e. The number of ketones is 1. The van der Waals surface area contributed by atoms with Crippen LogP contribution < -0.4 is 9.64 Å². The number of aliphatic hydroxyl groups is 1. The molecule has 1 N–H and O–H groups in total. The smallest absolute Gasteiger partial charge is 0.301 e. The van der Waals surface area contributed by atoms with Crippen molar-refractivity contribution in [2.45, 2.75) is 39.2 Å². The van der Waals surface area contributed by atoms with Crippen molar-refractivity contribution in [1.29, 1.82) is 0 Å². The van der Waals surface area contributed by atoms with Crippen LogP contribution in [0.4, 0.5) is 5.13 Å². The van der Waals surface area contributed by atoms with Crippen molar-refractivity contribution < 1.29 is 19.4 Å². The fourth-order valence-corrected chi connectivity index (χ4v) is 4.51. The van der Waals surface area contributed by atoms with Crippen LogP contribution in [0.3, 0.4) is 0 Å². The van der Waals surface area contributed by atoms with Crippen molar-refractivity contribution in [1.82, 2.24) is 10.2 Å². The van der Waals surface area contributed by atoms with Gasteiger partial charge in [0, 0.05) is 5.56 Å². The van der Waals surface area contributed by atoms with Gasteiger partial charge in [-0.25, -0.2) is 0 Å². The molecular weight excluding hydrogens is 438 g/mol. The minimum atomic E-state index is -0.850. The van der Waals surface area contributed by atoms with E-state index in [1.54, 1.807) is 31.2 Å². The molecule has 2 aromatic carbocycles. The molecule has 0 radical (unpaired) electrons. The zero-order valence-electron chi connectivity index (χ0n) is 18.5. The second-order valence-electron chi connectivity index (χ2n) is 7.77. The Labute approximate surface area is 196 Å². The van der Waals surface area contributed by atoms with Crippen molar-refractivity contribution >= 4 is 33.9 Å². The lowest BCUT2D eigenvalue weighted by molar-refractivity contribution is -0.132. The highest BCUT2D eigenvalue weighted by Crippen LogP contribution is 2.43. The van der Waals surface area contributed by atoms with Crippen LogP contribution in [0, 0.1) is 6.92 Å². The molecule has 3 aromatic rings. The molecule has 1 amide bonds. The quantitative estimate of drug-likeness (QED) is 0.218. The highest BCUT2D eigenvalue weighted by molar-refractivity contribution is 7.15. The average Bonchev–Trinajstić information content (AvgIpc) is 3.37. The van der Waals surface area contributed by atoms with Crippen molar-refractivity contribution in [2.24, 2.45) is 0 Å². The predicted molar refractivity (Wildman–Crippen MR) is 127 cm³/mol. The standard InChI is InChI=1S/C25H25N3O4S/c1-3-4-8-14-32-19-13-9-12-18(15-19)21-20(22(29)17-10-6-5-7-11-17)23(30)24(31)28(21)25-27-26-16(2)33-25/h5-7,9-13,15,21,29H,3-4,8,14H2,1-2H3/b22-20+. The first-order valence-electron chi connectivity index (χ1n) is 10.9. The van der Waals surface area contributed by atoms with Gasteiger partial charge in [-0.3, -0.25) is 14.5 Å². The zero-order chi connectivity index (χ0) is 23.4. The second-order valence-corrected chi connectivity index (χ2v) is 8.93. The summed E-state index contributed by atoms with van der Waals surface area (Å²) in [7, 11) is 0. The molecule has 2 heterocycles. The highest BCUT2D eigenvalue weighted by atomic mass is 32.1. The van der Waals surface area contributed by atoms with Gasteiger partial charge in [0.05, 0.1) is 18.2 Å². The summed E-state index contributed by atoms with van der Waals surface area (Å²) in [6.07, 6.45) is 3.11. The molecule has 1 saturated heterocycles. The Kier molecular flexibility index (Phi) is 6.84. The van der Waals surface area contributed by atoms with Crippen LogP contribution in [0.1, 0.15) is 48.4 Å². The van der Waals surface area contributed by atoms with Crippen LogP contribution in [-0.2, 0) is 9.59 Å². The number of unbranched alkanes of at least 4 members (excludes halogenated alkanes) is 2. The Morgan fingerprint density at radius 1 is 1.09 bits per heavy atom. The summed E-state index contributed by atoms with van der Waals surface area (Å²) in [6.45, 7) is 4.49. The fourth-order valence-electron chi connectivity index (χ4n) is 3.80. The number of hydrogen-bond acceptors (Lipinski definition) is 7. The Morgan fingerprint density at radius 2 is 1.88 bits per heavy atom. The SMILES string of the molecule is CCCCCOc1cccc(C2/C(=C(\O)c3ccccc3)C(=O)C(=O)N2c2nnc(C)s2)c1. The number of rotatable bonds is 8. The van der Waals surface area contributed by atoms with Gasteiger partial charge < -0.3 is 9.84 Å². The molecule has 1 fully saturated rings. The topological polar surface area (TPSA) is 92.6 Å². The predicted octanol–water partition coefficient (Wildman–Crippen LogP) is 5.04. The number of aromatic nitrogens is 2. The molecule has 1 atom stereocenters. The molecular formula is C25H25N3O4S. The van der Waals surface area contributed by atoms with E-state index >= 15 is 0 Å². The minimum absolute atomic E-state index is 0.0159. The van der Waals surface area contributed by atoms with E-state index in [9.17, 15) is 14.7 Å². The number of hydrogen-bond donors (Lipinski definition) is 1. The second kappa shape index (κ2) is 9.95. The number of aliphatic hydroxyl groups excluding tert-OH is 1. The number of nitrogens with zero attached hydrogens (tertiary/aromatic N) is 3. The molecule has 33 heavy (non-hydrogen) atoms. The largest absolute Gasteiger partial charge is 0.507 e. The summed E-state index contributed by atoms with van der Waals surface area (Å²) in [5, 5.41) is 20.2. The summed E-state index contributed by atoms with van der Waals surface area (Å²) in [6, 6.07) is 15.2. The average molecular weight is 464 g/mol. The number of carbonyl (C=O) groups is 2. The molecule has 8 heteroatoms. The Bertz CT molecular complexity index is 1190. The third-order valence-electron chi connectivity index (χ3n) is 5.40. The van der Waals surface area contributed by atoms with E-state index < -0.39 is 17.7 Å². The van der Waals surface area contributed by atoms with E-state index in [-0.39, 0.29) is 11.3 Å². The zero-order valence-corrected chi connectivity index (χ0v) is 19.3. The molecule has 1 aliphatic rings. The normalized spacial score (nSPS) is 17.5. The summed E-state index contributed by atoms with van der Waals surface area (Å²) >= 11 is 1.22. The van der Waals surface area contributed by atoms with Crippen LogP contribution >= 0.6 is 11.3 Å². The molecule has 0 aliphatic carbocycles. The third-order valence-corrected chi connectivity index (χ3v) is 6.24. The monoisotopic (exact) mass is 463 g/mol. The number of amides is 1. The molecule has 0 bridgehead atoms. The van der Waals surface area contributed by atoms with E-state index in [1.165, 1.54) is 16.2 Å². The maximum Gasteiger partial charge on any atom is 0.301 e. The maximum atomic E-state index is 13.1. The van der Waals surface area contributed by atoms with E-state index in [4.69, 9.17) is 4.74 Å². The van der Waals surface area contributed by atoms with Gasteiger partial charge in [0.15, 0.2) is 0 Å². The number of anilines is 1. The maximum absolute atomic E-state index is 13.1. The number of Topliss-reactive ketones (excluding diaryl/α,β-unsaturated/α-hetero) is 1. The Balaban J connectivity index is 1.81. The first kappa shape index (κ1) is 22.7. The first-order valence-corrected chi connectivity index (χ1v) is 11.7. The van der Waals surface area contributed by atoms with Crippen molar-refractivity contribution in [3.8, 4) is 5.75 Å². The van der Waals surface area contributed by atoms with Crippen LogP contribution in [0.2, 0.25) is 0 Å². The van der Waals surface area contributed by atoms with Gasteiger partial charge in [-0.05, 0) is 31.0 Å². The summed E-state index contributed by atoms with van der Waals surface area (Å²) < 4.78 is 5.90. The summed E-state index contributed by atoms with van der Waals surface area (Å²) in [5.74, 6) is -1.09. The summed E-state index contributed by atoms with van der Waals surface area (Å²) in [5.41, 5.74) is 1.12. The Morgan fingerprint density at radius 3 is 2.58 bits per heavy atom. The van der Waals surface area contributed by atoms with Gasteiger partial charge in [0.2, 0.25) is 5.13 Å². The number of aryl methyl sites for hydroxylation is 1. The lowest BCUT2D eigenvalue weighted by Crippen LogP contribution is -2.29. The van der Waals surface area contributed by atoms with Gasteiger partial charge >= 0.3 is 5.91 Å². The van der Waals surface area contributed by atoms with Crippen molar-refractivity contribution in [3.63, 3.8) is 0 Å². The summed E-state index contributed by atoms with van der Waals surface area (Å²) in [4.78, 5) is 27.6. The van der Waals surface area contributed by atoms with Gasteiger partial charge in [0.25, 0.3) is 5.78 Å². The molecule has 4 rings (SSSR count). The lowest BCUT2D eigenvalue weighted by Gasteiger charge is -2.23.